The molecule has 2 heteroatoms. The highest BCUT2D eigenvalue weighted by molar-refractivity contribution is 7.10. The average Bonchev–Trinajstić information content (AvgIpc) is 2.86. The molecular weight excluding hydrogens is 226 g/mol. The molecule has 0 radical (unpaired) electrons. The van der Waals surface area contributed by atoms with E-state index in [1.165, 1.54) is 38.6 Å². The lowest BCUT2D eigenvalue weighted by Gasteiger charge is -2.40. The van der Waals surface area contributed by atoms with Crippen LogP contribution in [0.5, 0.6) is 0 Å². The van der Waals surface area contributed by atoms with Crippen molar-refractivity contribution in [3.05, 3.63) is 34.0 Å². The van der Waals surface area contributed by atoms with Crippen LogP contribution in [0.2, 0.25) is 0 Å². The summed E-state index contributed by atoms with van der Waals surface area (Å²) < 4.78 is 0. The summed E-state index contributed by atoms with van der Waals surface area (Å²) in [6.45, 7) is 3.58. The van der Waals surface area contributed by atoms with E-state index in [-0.39, 0.29) is 0 Å². The summed E-state index contributed by atoms with van der Waals surface area (Å²) in [6.07, 6.45) is 11.3. The van der Waals surface area contributed by atoms with Gasteiger partial charge in [-0.2, -0.15) is 0 Å². The number of nitrogens with zero attached hydrogens (tertiary/aromatic N) is 1. The first-order valence-corrected chi connectivity index (χ1v) is 7.76. The van der Waals surface area contributed by atoms with E-state index >= 15 is 0 Å². The van der Waals surface area contributed by atoms with Gasteiger partial charge in [-0.15, -0.1) is 11.3 Å². The first kappa shape index (κ1) is 11.5. The van der Waals surface area contributed by atoms with E-state index in [1.54, 1.807) is 10.4 Å². The van der Waals surface area contributed by atoms with Gasteiger partial charge in [-0.1, -0.05) is 19.1 Å². The van der Waals surface area contributed by atoms with Crippen molar-refractivity contribution in [1.29, 1.82) is 0 Å². The molecule has 3 rings (SSSR count). The number of hydrogen-bond donors (Lipinski definition) is 0. The van der Waals surface area contributed by atoms with Crippen LogP contribution < -0.4 is 0 Å². The molecule has 1 aromatic heterocycles. The summed E-state index contributed by atoms with van der Waals surface area (Å²) in [7, 11) is 0. The van der Waals surface area contributed by atoms with Crippen molar-refractivity contribution in [1.82, 2.24) is 4.90 Å². The van der Waals surface area contributed by atoms with Gasteiger partial charge < -0.3 is 0 Å². The molecule has 0 N–H and O–H groups in total. The highest BCUT2D eigenvalue weighted by Crippen LogP contribution is 2.37. The summed E-state index contributed by atoms with van der Waals surface area (Å²) >= 11 is 1.95. The Labute approximate surface area is 108 Å². The van der Waals surface area contributed by atoms with E-state index in [0.29, 0.717) is 12.1 Å². The third-order valence-corrected chi connectivity index (χ3v) is 5.17. The molecule has 0 saturated heterocycles. The SMILES string of the molecule is CCC1c2ccsc2CCN1C1C=CCCC1. The molecule has 0 saturated carbocycles. The van der Waals surface area contributed by atoms with Crippen molar-refractivity contribution < 1.29 is 0 Å². The standard InChI is InChI=1S/C15H21NS/c1-2-14-13-9-11-17-15(13)8-10-16(14)12-6-4-3-5-7-12/h4,6,9,11-12,14H,2-3,5,7-8,10H2,1H3. The number of allylic oxidation sites excluding steroid dienone is 1. The van der Waals surface area contributed by atoms with Gasteiger partial charge in [-0.3, -0.25) is 4.90 Å². The molecule has 2 aliphatic rings. The largest absolute Gasteiger partial charge is 0.290 e. The summed E-state index contributed by atoms with van der Waals surface area (Å²) in [5, 5.41) is 2.27. The molecule has 0 spiro atoms. The van der Waals surface area contributed by atoms with Crippen molar-refractivity contribution in [2.45, 2.75) is 51.1 Å². The Hall–Kier alpha value is -0.600. The second-order valence-electron chi connectivity index (χ2n) is 5.14. The molecule has 2 heterocycles. The first-order chi connectivity index (χ1) is 8.40. The Morgan fingerprint density at radius 3 is 3.18 bits per heavy atom. The third-order valence-electron chi connectivity index (χ3n) is 4.18. The maximum absolute atomic E-state index is 2.74. The Morgan fingerprint density at radius 2 is 2.41 bits per heavy atom. The smallest absolute Gasteiger partial charge is 0.0362 e. The molecule has 1 aromatic rings. The molecule has 0 bridgehead atoms. The Kier molecular flexibility index (Phi) is 3.34. The fourth-order valence-corrected chi connectivity index (χ4v) is 4.27. The second kappa shape index (κ2) is 4.95. The maximum atomic E-state index is 2.74. The zero-order valence-corrected chi connectivity index (χ0v) is 11.4. The van der Waals surface area contributed by atoms with Crippen LogP contribution in [0.1, 0.15) is 49.1 Å². The fraction of sp³-hybridized carbons (Fsp3) is 0.600. The van der Waals surface area contributed by atoms with Crippen molar-refractivity contribution in [3.8, 4) is 0 Å². The van der Waals surface area contributed by atoms with E-state index in [4.69, 9.17) is 0 Å². The molecule has 2 atom stereocenters. The quantitative estimate of drug-likeness (QED) is 0.709. The fourth-order valence-electron chi connectivity index (χ4n) is 3.34. The molecule has 17 heavy (non-hydrogen) atoms. The lowest BCUT2D eigenvalue weighted by atomic mass is 9.92. The molecule has 2 unspecified atom stereocenters. The number of rotatable bonds is 2. The van der Waals surface area contributed by atoms with E-state index < -0.39 is 0 Å². The van der Waals surface area contributed by atoms with Crippen LogP contribution in [-0.2, 0) is 6.42 Å². The summed E-state index contributed by atoms with van der Waals surface area (Å²) in [5.74, 6) is 0. The topological polar surface area (TPSA) is 3.24 Å². The first-order valence-electron chi connectivity index (χ1n) is 6.89. The molecule has 0 fully saturated rings. The van der Waals surface area contributed by atoms with E-state index in [9.17, 15) is 0 Å². The summed E-state index contributed by atoms with van der Waals surface area (Å²) in [5.41, 5.74) is 1.61. The molecule has 1 aliphatic heterocycles. The van der Waals surface area contributed by atoms with Gasteiger partial charge in [0, 0.05) is 23.5 Å². The number of fused-ring (bicyclic) bond motifs is 1. The van der Waals surface area contributed by atoms with E-state index in [2.05, 4.69) is 35.4 Å². The van der Waals surface area contributed by atoms with Gasteiger partial charge in [0.2, 0.25) is 0 Å². The van der Waals surface area contributed by atoms with Crippen LogP contribution in [0, 0.1) is 0 Å². The molecule has 0 aromatic carbocycles. The predicted octanol–water partition coefficient (Wildman–Crippen LogP) is 4.17. The van der Waals surface area contributed by atoms with E-state index in [1.807, 2.05) is 11.3 Å². The minimum absolute atomic E-state index is 0.665. The number of thiophene rings is 1. The van der Waals surface area contributed by atoms with Crippen LogP contribution in [0.15, 0.2) is 23.6 Å². The van der Waals surface area contributed by atoms with Gasteiger partial charge in [0.1, 0.15) is 0 Å². The lowest BCUT2D eigenvalue weighted by molar-refractivity contribution is 0.136. The normalized spacial score (nSPS) is 29.2. The summed E-state index contributed by atoms with van der Waals surface area (Å²) in [4.78, 5) is 4.37. The molecular formula is C15H21NS. The van der Waals surface area contributed by atoms with Crippen molar-refractivity contribution in [2.24, 2.45) is 0 Å². The van der Waals surface area contributed by atoms with E-state index in [0.717, 1.165) is 0 Å². The second-order valence-corrected chi connectivity index (χ2v) is 6.14. The third kappa shape index (κ3) is 2.09. The molecule has 92 valence electrons. The van der Waals surface area contributed by atoms with Crippen LogP contribution in [-0.4, -0.2) is 17.5 Å². The van der Waals surface area contributed by atoms with Crippen LogP contribution >= 0.6 is 11.3 Å². The minimum atomic E-state index is 0.665. The van der Waals surface area contributed by atoms with Gasteiger partial charge in [-0.05, 0) is 49.1 Å². The van der Waals surface area contributed by atoms with Crippen LogP contribution in [0.4, 0.5) is 0 Å². The molecule has 1 aliphatic carbocycles. The predicted molar refractivity (Wildman–Crippen MR) is 74.5 cm³/mol. The zero-order chi connectivity index (χ0) is 11.7. The lowest BCUT2D eigenvalue weighted by Crippen LogP contribution is -2.41. The van der Waals surface area contributed by atoms with Crippen LogP contribution in [0.3, 0.4) is 0 Å². The van der Waals surface area contributed by atoms with Crippen molar-refractivity contribution >= 4 is 11.3 Å². The minimum Gasteiger partial charge on any atom is -0.290 e. The highest BCUT2D eigenvalue weighted by atomic mass is 32.1. The maximum Gasteiger partial charge on any atom is 0.0362 e. The highest BCUT2D eigenvalue weighted by Gasteiger charge is 2.30. The monoisotopic (exact) mass is 247 g/mol. The zero-order valence-electron chi connectivity index (χ0n) is 10.6. The number of hydrogen-bond acceptors (Lipinski definition) is 2. The molecule has 0 amide bonds. The van der Waals surface area contributed by atoms with Crippen molar-refractivity contribution in [2.75, 3.05) is 6.54 Å². The Morgan fingerprint density at radius 1 is 1.47 bits per heavy atom. The average molecular weight is 247 g/mol. The van der Waals surface area contributed by atoms with Gasteiger partial charge in [0.15, 0.2) is 0 Å². The Balaban J connectivity index is 1.86. The van der Waals surface area contributed by atoms with Gasteiger partial charge in [0.25, 0.3) is 0 Å². The molecule has 1 nitrogen and oxygen atoms in total. The van der Waals surface area contributed by atoms with Gasteiger partial charge in [0.05, 0.1) is 0 Å². The Bertz CT molecular complexity index is 407. The summed E-state index contributed by atoms with van der Waals surface area (Å²) in [6, 6.07) is 3.71. The van der Waals surface area contributed by atoms with Crippen molar-refractivity contribution in [3.63, 3.8) is 0 Å². The van der Waals surface area contributed by atoms with Crippen LogP contribution in [0.25, 0.3) is 0 Å². The van der Waals surface area contributed by atoms with Gasteiger partial charge >= 0.3 is 0 Å². The van der Waals surface area contributed by atoms with Gasteiger partial charge in [-0.25, -0.2) is 0 Å².